The van der Waals surface area contributed by atoms with E-state index >= 15 is 0 Å². The molecule has 3 rings (SSSR count). The largest absolute Gasteiger partial charge is 0.478 e. The first-order valence-corrected chi connectivity index (χ1v) is 7.83. The van der Waals surface area contributed by atoms with Crippen molar-refractivity contribution in [3.8, 4) is 0 Å². The van der Waals surface area contributed by atoms with Crippen LogP contribution in [-0.2, 0) is 9.47 Å². The highest BCUT2D eigenvalue weighted by Crippen LogP contribution is 2.28. The van der Waals surface area contributed by atoms with E-state index < -0.39 is 11.6 Å². The van der Waals surface area contributed by atoms with Crippen LogP contribution in [0.3, 0.4) is 0 Å². The number of hydrogen-bond acceptors (Lipinski definition) is 4. The quantitative estimate of drug-likeness (QED) is 0.859. The van der Waals surface area contributed by atoms with Crippen molar-refractivity contribution in [3.63, 3.8) is 0 Å². The van der Waals surface area contributed by atoms with E-state index in [0.717, 1.165) is 6.42 Å². The molecule has 1 aromatic rings. The van der Waals surface area contributed by atoms with Gasteiger partial charge < -0.3 is 19.5 Å². The second-order valence-corrected chi connectivity index (χ2v) is 6.51. The van der Waals surface area contributed by atoms with E-state index in [1.54, 1.807) is 11.0 Å². The summed E-state index contributed by atoms with van der Waals surface area (Å²) in [6, 6.07) is 4.52. The molecule has 22 heavy (non-hydrogen) atoms. The summed E-state index contributed by atoms with van der Waals surface area (Å²) in [6.07, 6.45) is 0.773. The fourth-order valence-corrected chi connectivity index (χ4v) is 3.36. The maximum Gasteiger partial charge on any atom is 0.335 e. The zero-order chi connectivity index (χ0) is 15.7. The minimum atomic E-state index is -1.06. The zero-order valence-electron chi connectivity index (χ0n) is 11.9. The van der Waals surface area contributed by atoms with Gasteiger partial charge in [-0.1, -0.05) is 15.9 Å². The molecular formula is C15H16BrNO5. The third-order valence-electron chi connectivity index (χ3n) is 3.99. The van der Waals surface area contributed by atoms with Crippen LogP contribution >= 0.6 is 15.9 Å². The Morgan fingerprint density at radius 2 is 2.00 bits per heavy atom. The minimum Gasteiger partial charge on any atom is -0.478 e. The Kier molecular flexibility index (Phi) is 4.20. The normalized spacial score (nSPS) is 24.7. The fraction of sp³-hybridized carbons (Fsp3) is 0.467. The third-order valence-corrected chi connectivity index (χ3v) is 4.45. The average molecular weight is 370 g/mol. The summed E-state index contributed by atoms with van der Waals surface area (Å²) in [5.41, 5.74) is 0.0443. The van der Waals surface area contributed by atoms with Gasteiger partial charge in [-0.3, -0.25) is 4.79 Å². The molecule has 2 saturated heterocycles. The standard InChI is InChI=1S/C15H16BrNO5/c16-12-6-10(5-11(7-12)14(19)20)13(18)17-2-4-22-15(8-17)1-3-21-9-15/h5-7H,1-4,8-9H2,(H,19,20). The van der Waals surface area contributed by atoms with Crippen molar-refractivity contribution < 1.29 is 24.2 Å². The minimum absolute atomic E-state index is 0.0879. The van der Waals surface area contributed by atoms with Crippen molar-refractivity contribution in [2.24, 2.45) is 0 Å². The fourth-order valence-electron chi connectivity index (χ4n) is 2.86. The summed E-state index contributed by atoms with van der Waals surface area (Å²) in [6.45, 7) is 2.57. The molecule has 2 fully saturated rings. The molecule has 0 saturated carbocycles. The van der Waals surface area contributed by atoms with Gasteiger partial charge in [-0.15, -0.1) is 0 Å². The predicted molar refractivity (Wildman–Crippen MR) is 81.1 cm³/mol. The Morgan fingerprint density at radius 1 is 1.23 bits per heavy atom. The Morgan fingerprint density at radius 3 is 2.68 bits per heavy atom. The molecule has 7 heteroatoms. The van der Waals surface area contributed by atoms with Crippen LogP contribution in [-0.4, -0.2) is 60.4 Å². The zero-order valence-corrected chi connectivity index (χ0v) is 13.5. The molecule has 0 bridgehead atoms. The van der Waals surface area contributed by atoms with Crippen LogP contribution in [0, 0.1) is 0 Å². The Hall–Kier alpha value is -1.44. The lowest BCUT2D eigenvalue weighted by atomic mass is 10.00. The van der Waals surface area contributed by atoms with Crippen molar-refractivity contribution in [1.29, 1.82) is 0 Å². The van der Waals surface area contributed by atoms with Crippen LogP contribution < -0.4 is 0 Å². The van der Waals surface area contributed by atoms with Crippen LogP contribution in [0.25, 0.3) is 0 Å². The molecule has 1 atom stereocenters. The van der Waals surface area contributed by atoms with E-state index in [1.807, 2.05) is 0 Å². The Balaban J connectivity index is 1.82. The van der Waals surface area contributed by atoms with Crippen LogP contribution in [0.2, 0.25) is 0 Å². The number of rotatable bonds is 2. The van der Waals surface area contributed by atoms with Gasteiger partial charge in [-0.05, 0) is 18.2 Å². The maximum absolute atomic E-state index is 12.7. The van der Waals surface area contributed by atoms with Crippen molar-refractivity contribution in [1.82, 2.24) is 4.90 Å². The van der Waals surface area contributed by atoms with Gasteiger partial charge in [-0.2, -0.15) is 0 Å². The van der Waals surface area contributed by atoms with Crippen LogP contribution in [0.1, 0.15) is 27.1 Å². The smallest absolute Gasteiger partial charge is 0.335 e. The second kappa shape index (κ2) is 5.98. The number of nitrogens with zero attached hydrogens (tertiary/aromatic N) is 1. The number of carboxylic acid groups (broad SMARTS) is 1. The van der Waals surface area contributed by atoms with Crippen molar-refractivity contribution in [2.75, 3.05) is 32.9 Å². The summed E-state index contributed by atoms with van der Waals surface area (Å²) in [5, 5.41) is 9.11. The van der Waals surface area contributed by atoms with Gasteiger partial charge in [0.1, 0.15) is 5.60 Å². The van der Waals surface area contributed by atoms with E-state index in [0.29, 0.717) is 42.9 Å². The Labute approximate surface area is 136 Å². The molecule has 2 aliphatic heterocycles. The van der Waals surface area contributed by atoms with E-state index in [2.05, 4.69) is 15.9 Å². The SMILES string of the molecule is O=C(O)c1cc(Br)cc(C(=O)N2CCOC3(CCOC3)C2)c1. The highest BCUT2D eigenvalue weighted by Gasteiger charge is 2.41. The van der Waals surface area contributed by atoms with E-state index in [-0.39, 0.29) is 11.5 Å². The monoisotopic (exact) mass is 369 g/mol. The number of hydrogen-bond donors (Lipinski definition) is 1. The molecule has 2 heterocycles. The number of carboxylic acids is 1. The number of aromatic carboxylic acids is 1. The van der Waals surface area contributed by atoms with Crippen LogP contribution in [0.15, 0.2) is 22.7 Å². The lowest BCUT2D eigenvalue weighted by molar-refractivity contribution is -0.0995. The van der Waals surface area contributed by atoms with Gasteiger partial charge in [0.05, 0.1) is 25.3 Å². The molecule has 0 aliphatic carbocycles. The molecule has 1 amide bonds. The highest BCUT2D eigenvalue weighted by molar-refractivity contribution is 9.10. The first-order chi connectivity index (χ1) is 10.5. The average Bonchev–Trinajstić information content (AvgIpc) is 2.93. The van der Waals surface area contributed by atoms with Gasteiger partial charge >= 0.3 is 5.97 Å². The van der Waals surface area contributed by atoms with Crippen LogP contribution in [0.5, 0.6) is 0 Å². The van der Waals surface area contributed by atoms with Crippen molar-refractivity contribution in [2.45, 2.75) is 12.0 Å². The van der Waals surface area contributed by atoms with Gasteiger partial charge in [0.15, 0.2) is 0 Å². The topological polar surface area (TPSA) is 76.1 Å². The van der Waals surface area contributed by atoms with Gasteiger partial charge in [0, 0.05) is 29.6 Å². The summed E-state index contributed by atoms with van der Waals surface area (Å²) < 4.78 is 11.8. The lowest BCUT2D eigenvalue weighted by Gasteiger charge is -2.39. The molecule has 1 aromatic carbocycles. The van der Waals surface area contributed by atoms with Gasteiger partial charge in [0.2, 0.25) is 0 Å². The molecule has 6 nitrogen and oxygen atoms in total. The first-order valence-electron chi connectivity index (χ1n) is 7.04. The summed E-state index contributed by atoms with van der Waals surface area (Å²) >= 11 is 3.25. The predicted octanol–water partition coefficient (Wildman–Crippen LogP) is 1.78. The van der Waals surface area contributed by atoms with E-state index in [1.165, 1.54) is 12.1 Å². The van der Waals surface area contributed by atoms with Crippen molar-refractivity contribution in [3.05, 3.63) is 33.8 Å². The number of ether oxygens (including phenoxy) is 2. The molecular weight excluding hydrogens is 354 g/mol. The van der Waals surface area contributed by atoms with Gasteiger partial charge in [0.25, 0.3) is 5.91 Å². The highest BCUT2D eigenvalue weighted by atomic mass is 79.9. The van der Waals surface area contributed by atoms with Gasteiger partial charge in [-0.25, -0.2) is 4.79 Å². The molecule has 1 spiro atoms. The summed E-state index contributed by atoms with van der Waals surface area (Å²) in [5.74, 6) is -1.24. The number of morpholine rings is 1. The second-order valence-electron chi connectivity index (χ2n) is 5.59. The van der Waals surface area contributed by atoms with Crippen LogP contribution in [0.4, 0.5) is 0 Å². The molecule has 118 valence electrons. The summed E-state index contributed by atoms with van der Waals surface area (Å²) in [4.78, 5) is 25.5. The number of benzene rings is 1. The van der Waals surface area contributed by atoms with Crippen molar-refractivity contribution >= 4 is 27.8 Å². The number of carbonyl (C=O) groups excluding carboxylic acids is 1. The molecule has 0 radical (unpaired) electrons. The third kappa shape index (κ3) is 3.02. The maximum atomic E-state index is 12.7. The Bertz CT molecular complexity index is 612. The molecule has 0 aromatic heterocycles. The summed E-state index contributed by atoms with van der Waals surface area (Å²) in [7, 11) is 0. The number of halogens is 1. The van der Waals surface area contributed by atoms with E-state index in [4.69, 9.17) is 14.6 Å². The molecule has 1 unspecified atom stereocenters. The number of amides is 1. The number of carbonyl (C=O) groups is 2. The van der Waals surface area contributed by atoms with E-state index in [9.17, 15) is 9.59 Å². The first kappa shape index (κ1) is 15.5. The lowest BCUT2D eigenvalue weighted by Crippen LogP contribution is -2.54. The molecule has 2 aliphatic rings. The molecule has 1 N–H and O–H groups in total.